The van der Waals surface area contributed by atoms with Gasteiger partial charge in [0, 0.05) is 17.8 Å². The van der Waals surface area contributed by atoms with Crippen molar-refractivity contribution in [2.75, 3.05) is 5.32 Å². The van der Waals surface area contributed by atoms with Gasteiger partial charge in [0.15, 0.2) is 5.82 Å². The van der Waals surface area contributed by atoms with Crippen molar-refractivity contribution in [2.24, 2.45) is 0 Å². The van der Waals surface area contributed by atoms with Crippen LogP contribution in [0.25, 0.3) is 17.1 Å². The third kappa shape index (κ3) is 4.16. The minimum absolute atomic E-state index is 0.192. The summed E-state index contributed by atoms with van der Waals surface area (Å²) in [7, 11) is 0. The summed E-state index contributed by atoms with van der Waals surface area (Å²) in [4.78, 5) is 20.8. The van der Waals surface area contributed by atoms with Crippen molar-refractivity contribution in [3.05, 3.63) is 82.8 Å². The number of hydrogen-bond acceptors (Lipinski definition) is 5. The third-order valence-corrected chi connectivity index (χ3v) is 4.94. The molecule has 0 fully saturated rings. The monoisotopic (exact) mass is 413 g/mol. The molecule has 0 atom stereocenters. The summed E-state index contributed by atoms with van der Waals surface area (Å²) in [5.74, 6) is 0.193. The predicted molar refractivity (Wildman–Crippen MR) is 120 cm³/mol. The van der Waals surface area contributed by atoms with E-state index in [1.54, 1.807) is 23.0 Å². The number of nitrogens with one attached hydrogen (secondary N) is 1. The number of aryl methyl sites for hydroxylation is 4. The molecule has 0 aliphatic heterocycles. The quantitative estimate of drug-likeness (QED) is 0.478. The summed E-state index contributed by atoms with van der Waals surface area (Å²) in [6, 6.07) is 15.2. The fraction of sp³-hybridized carbons (Fsp3) is 0.167. The highest BCUT2D eigenvalue weighted by molar-refractivity contribution is 5.95. The van der Waals surface area contributed by atoms with Crippen molar-refractivity contribution in [3.63, 3.8) is 0 Å². The van der Waals surface area contributed by atoms with Gasteiger partial charge in [0.05, 0.1) is 28.3 Å². The van der Waals surface area contributed by atoms with Gasteiger partial charge in [-0.2, -0.15) is 9.78 Å². The molecule has 2 aromatic heterocycles. The van der Waals surface area contributed by atoms with Crippen LogP contribution < -0.4 is 5.32 Å². The van der Waals surface area contributed by atoms with Gasteiger partial charge < -0.3 is 10.4 Å². The molecule has 0 aliphatic carbocycles. The van der Waals surface area contributed by atoms with E-state index in [4.69, 9.17) is 5.10 Å². The molecule has 0 unspecified atom stereocenters. The maximum Gasteiger partial charge on any atom is 0.337 e. The molecule has 4 aromatic rings. The Labute approximate surface area is 180 Å². The number of rotatable bonds is 5. The molecule has 0 saturated heterocycles. The number of anilines is 2. The number of carboxylic acid groups (broad SMARTS) is 1. The zero-order valence-electron chi connectivity index (χ0n) is 17.8. The molecule has 0 aliphatic rings. The molecule has 0 radical (unpaired) electrons. The number of hydrogen-bond donors (Lipinski definition) is 2. The number of nitrogens with zero attached hydrogens (tertiary/aromatic N) is 4. The lowest BCUT2D eigenvalue weighted by atomic mass is 10.1. The van der Waals surface area contributed by atoms with Gasteiger partial charge in [-0.1, -0.05) is 35.4 Å². The van der Waals surface area contributed by atoms with E-state index in [0.29, 0.717) is 17.3 Å². The summed E-state index contributed by atoms with van der Waals surface area (Å²) in [6.07, 6.45) is 1.71. The lowest BCUT2D eigenvalue weighted by molar-refractivity contribution is 0.0698. The molecule has 0 bridgehead atoms. The Morgan fingerprint density at radius 1 is 1.00 bits per heavy atom. The van der Waals surface area contributed by atoms with Gasteiger partial charge in [0.25, 0.3) is 0 Å². The van der Waals surface area contributed by atoms with E-state index in [1.165, 1.54) is 0 Å². The molecule has 2 aromatic carbocycles. The Balaban J connectivity index is 1.89. The number of carboxylic acids is 1. The second-order valence-electron chi connectivity index (χ2n) is 7.60. The first-order chi connectivity index (χ1) is 14.8. The van der Waals surface area contributed by atoms with Crippen LogP contribution in [0.1, 0.15) is 32.9 Å². The summed E-state index contributed by atoms with van der Waals surface area (Å²) >= 11 is 0. The number of aromatic nitrogens is 4. The highest BCUT2D eigenvalue weighted by Gasteiger charge is 2.18. The van der Waals surface area contributed by atoms with Crippen LogP contribution in [-0.4, -0.2) is 30.8 Å². The zero-order chi connectivity index (χ0) is 22.1. The van der Waals surface area contributed by atoms with E-state index < -0.39 is 5.97 Å². The molecule has 0 saturated carbocycles. The molecule has 156 valence electrons. The maximum absolute atomic E-state index is 11.8. The van der Waals surface area contributed by atoms with Gasteiger partial charge in [-0.05, 0) is 45.9 Å². The van der Waals surface area contributed by atoms with Crippen molar-refractivity contribution in [1.29, 1.82) is 0 Å². The summed E-state index contributed by atoms with van der Waals surface area (Å²) < 4.78 is 1.68. The molecule has 2 heterocycles. The first-order valence-corrected chi connectivity index (χ1v) is 9.90. The fourth-order valence-electron chi connectivity index (χ4n) is 3.38. The zero-order valence-corrected chi connectivity index (χ0v) is 17.8. The highest BCUT2D eigenvalue weighted by atomic mass is 16.4. The lowest BCUT2D eigenvalue weighted by Crippen LogP contribution is -2.10. The standard InChI is InChI=1S/C24H23N5O2/c1-14-6-5-7-18(10-14)21-12-22(27-20-9-8-15(2)11-19(20)24(30)31)29(28-21)23-17(4)25-13-16(3)26-23/h5-13,27H,1-4H3,(H,30,31). The van der Waals surface area contributed by atoms with Crippen LogP contribution >= 0.6 is 0 Å². The van der Waals surface area contributed by atoms with Gasteiger partial charge in [-0.15, -0.1) is 0 Å². The highest BCUT2D eigenvalue weighted by Crippen LogP contribution is 2.29. The van der Waals surface area contributed by atoms with Crippen LogP contribution in [0, 0.1) is 27.7 Å². The number of carbonyl (C=O) groups is 1. The van der Waals surface area contributed by atoms with Crippen LogP contribution in [0.5, 0.6) is 0 Å². The Morgan fingerprint density at radius 3 is 2.52 bits per heavy atom. The topological polar surface area (TPSA) is 92.9 Å². The molecule has 2 N–H and O–H groups in total. The second kappa shape index (κ2) is 8.02. The average Bonchev–Trinajstić information content (AvgIpc) is 3.14. The lowest BCUT2D eigenvalue weighted by Gasteiger charge is -2.13. The maximum atomic E-state index is 11.8. The van der Waals surface area contributed by atoms with Crippen molar-refractivity contribution < 1.29 is 9.90 Å². The van der Waals surface area contributed by atoms with Gasteiger partial charge in [0.2, 0.25) is 0 Å². The molecule has 7 heteroatoms. The third-order valence-electron chi connectivity index (χ3n) is 4.94. The van der Waals surface area contributed by atoms with Crippen molar-refractivity contribution in [3.8, 4) is 17.1 Å². The van der Waals surface area contributed by atoms with Gasteiger partial charge in [0.1, 0.15) is 5.82 Å². The molecule has 7 nitrogen and oxygen atoms in total. The molecule has 4 rings (SSSR count). The van der Waals surface area contributed by atoms with Crippen LogP contribution in [0.3, 0.4) is 0 Å². The summed E-state index contributed by atoms with van der Waals surface area (Å²) in [5.41, 5.74) is 5.86. The number of benzene rings is 2. The van der Waals surface area contributed by atoms with E-state index >= 15 is 0 Å². The SMILES string of the molecule is Cc1cccc(-c2cc(Nc3ccc(C)cc3C(=O)O)n(-c3nc(C)cnc3C)n2)c1. The fourth-order valence-corrected chi connectivity index (χ4v) is 3.38. The second-order valence-corrected chi connectivity index (χ2v) is 7.60. The van der Waals surface area contributed by atoms with Crippen molar-refractivity contribution >= 4 is 17.5 Å². The van der Waals surface area contributed by atoms with Crippen LogP contribution in [0.4, 0.5) is 11.5 Å². The summed E-state index contributed by atoms with van der Waals surface area (Å²) in [6.45, 7) is 7.63. The van der Waals surface area contributed by atoms with Gasteiger partial charge in [-0.3, -0.25) is 4.98 Å². The van der Waals surface area contributed by atoms with Crippen LogP contribution in [0.2, 0.25) is 0 Å². The van der Waals surface area contributed by atoms with E-state index in [-0.39, 0.29) is 5.56 Å². The van der Waals surface area contributed by atoms with Crippen molar-refractivity contribution in [2.45, 2.75) is 27.7 Å². The molecule has 0 amide bonds. The van der Waals surface area contributed by atoms with Crippen molar-refractivity contribution in [1.82, 2.24) is 19.7 Å². The molecule has 31 heavy (non-hydrogen) atoms. The Morgan fingerprint density at radius 2 is 1.77 bits per heavy atom. The van der Waals surface area contributed by atoms with E-state index in [0.717, 1.165) is 33.8 Å². The Bertz CT molecular complexity index is 1290. The smallest absolute Gasteiger partial charge is 0.337 e. The van der Waals surface area contributed by atoms with Crippen LogP contribution in [-0.2, 0) is 0 Å². The van der Waals surface area contributed by atoms with Gasteiger partial charge >= 0.3 is 5.97 Å². The molecular formula is C24H23N5O2. The summed E-state index contributed by atoms with van der Waals surface area (Å²) in [5, 5.41) is 17.7. The van der Waals surface area contributed by atoms with E-state index in [9.17, 15) is 9.90 Å². The van der Waals surface area contributed by atoms with Crippen LogP contribution in [0.15, 0.2) is 54.7 Å². The predicted octanol–water partition coefficient (Wildman–Crippen LogP) is 5.00. The first-order valence-electron chi connectivity index (χ1n) is 9.90. The minimum Gasteiger partial charge on any atom is -0.478 e. The average molecular weight is 413 g/mol. The Kier molecular flexibility index (Phi) is 5.25. The normalized spacial score (nSPS) is 10.8. The minimum atomic E-state index is -0.997. The van der Waals surface area contributed by atoms with E-state index in [2.05, 4.69) is 21.4 Å². The van der Waals surface area contributed by atoms with Gasteiger partial charge in [-0.25, -0.2) is 9.78 Å². The largest absolute Gasteiger partial charge is 0.478 e. The number of aromatic carboxylic acids is 1. The first kappa shape index (κ1) is 20.3. The molecule has 0 spiro atoms. The van der Waals surface area contributed by atoms with E-state index in [1.807, 2.05) is 58.0 Å². The molecular weight excluding hydrogens is 390 g/mol. The Hall–Kier alpha value is -4.00.